The van der Waals surface area contributed by atoms with Crippen molar-refractivity contribution in [3.05, 3.63) is 28.2 Å². The number of aliphatic hydroxyl groups is 1. The van der Waals surface area contributed by atoms with Gasteiger partial charge in [-0.15, -0.1) is 0 Å². The van der Waals surface area contributed by atoms with E-state index in [1.54, 1.807) is 12.1 Å². The van der Waals surface area contributed by atoms with Crippen LogP contribution < -0.4 is 0 Å². The van der Waals surface area contributed by atoms with Gasteiger partial charge in [0.25, 0.3) is 0 Å². The minimum Gasteiger partial charge on any atom is -0.508 e. The summed E-state index contributed by atoms with van der Waals surface area (Å²) >= 11 is 7.10. The summed E-state index contributed by atoms with van der Waals surface area (Å²) in [6, 6.07) is 4.90. The molecule has 0 fully saturated rings. The van der Waals surface area contributed by atoms with Crippen LogP contribution in [0.2, 0.25) is 0 Å². The van der Waals surface area contributed by atoms with Gasteiger partial charge in [-0.1, -0.05) is 22.9 Å². The zero-order valence-electron chi connectivity index (χ0n) is 10.5. The highest BCUT2D eigenvalue weighted by atomic mass is 79.9. The lowest BCUT2D eigenvalue weighted by Crippen LogP contribution is -2.14. The van der Waals surface area contributed by atoms with Crippen molar-refractivity contribution < 1.29 is 19.7 Å². The van der Waals surface area contributed by atoms with Crippen molar-refractivity contribution in [3.63, 3.8) is 0 Å². The molecule has 6 heteroatoms. The average Bonchev–Trinajstić information content (AvgIpc) is 2.40. The number of hydrogen-bond donors (Lipinski definition) is 3. The minimum absolute atomic E-state index is 0.0450. The Hall–Kier alpha value is -0.720. The highest BCUT2D eigenvalue weighted by Gasteiger charge is 2.20. The van der Waals surface area contributed by atoms with Crippen molar-refractivity contribution in [2.45, 2.75) is 19.4 Å². The Morgan fingerprint density at radius 2 is 2.21 bits per heavy atom. The number of aliphatic hydroxyl groups excluding tert-OH is 1. The van der Waals surface area contributed by atoms with E-state index in [4.69, 9.17) is 4.74 Å². The molecule has 19 heavy (non-hydrogen) atoms. The predicted octanol–water partition coefficient (Wildman–Crippen LogP) is 2.69. The number of halogens is 1. The molecular formula is C13H17BrO4S. The number of thiol groups is 1. The Labute approximate surface area is 126 Å². The third kappa shape index (κ3) is 5.04. The van der Waals surface area contributed by atoms with Crippen LogP contribution >= 0.6 is 28.6 Å². The van der Waals surface area contributed by atoms with E-state index in [1.807, 2.05) is 6.92 Å². The number of aromatic hydroxyl groups is 1. The summed E-state index contributed by atoms with van der Waals surface area (Å²) in [4.78, 5) is 10.9. The first-order chi connectivity index (χ1) is 8.95. The second-order valence-electron chi connectivity index (χ2n) is 4.29. The molecule has 0 heterocycles. The molecule has 106 valence electrons. The van der Waals surface area contributed by atoms with E-state index in [9.17, 15) is 15.0 Å². The molecule has 4 nitrogen and oxygen atoms in total. The van der Waals surface area contributed by atoms with Gasteiger partial charge in [0.15, 0.2) is 0 Å². The Bertz CT molecular complexity index is 439. The van der Waals surface area contributed by atoms with Crippen molar-refractivity contribution in [2.75, 3.05) is 12.4 Å². The van der Waals surface area contributed by atoms with Crippen LogP contribution in [0, 0.1) is 5.92 Å². The monoisotopic (exact) mass is 348 g/mol. The van der Waals surface area contributed by atoms with Crippen molar-refractivity contribution in [1.82, 2.24) is 0 Å². The maximum Gasteiger partial charge on any atom is 0.315 e. The first kappa shape index (κ1) is 16.3. The van der Waals surface area contributed by atoms with Crippen LogP contribution in [0.1, 0.15) is 25.0 Å². The number of ether oxygens (including phenoxy) is 1. The molecule has 1 aromatic carbocycles. The second-order valence-corrected chi connectivity index (χ2v) is 5.52. The molecule has 0 unspecified atom stereocenters. The Balaban J connectivity index is 2.58. The van der Waals surface area contributed by atoms with Crippen LogP contribution in [0.25, 0.3) is 0 Å². The van der Waals surface area contributed by atoms with Crippen LogP contribution in [0.3, 0.4) is 0 Å². The maximum absolute atomic E-state index is 10.9. The van der Waals surface area contributed by atoms with E-state index < -0.39 is 6.10 Å². The lowest BCUT2D eigenvalue weighted by molar-refractivity contribution is -0.141. The van der Waals surface area contributed by atoms with E-state index in [1.165, 1.54) is 6.07 Å². The lowest BCUT2D eigenvalue weighted by atomic mass is 9.94. The fourth-order valence-corrected chi connectivity index (χ4v) is 2.10. The minimum atomic E-state index is -0.813. The molecule has 0 aliphatic carbocycles. The van der Waals surface area contributed by atoms with Crippen molar-refractivity contribution in [1.29, 1.82) is 0 Å². The number of phenolic OH excluding ortho intramolecular Hbond substituents is 1. The fraction of sp³-hybridized carbons (Fsp3) is 0.462. The van der Waals surface area contributed by atoms with E-state index in [-0.39, 0.29) is 30.0 Å². The number of carbonyl (C=O) groups is 1. The molecule has 0 radical (unpaired) electrons. The molecule has 0 aliphatic heterocycles. The summed E-state index contributed by atoms with van der Waals surface area (Å²) in [6.45, 7) is 2.06. The van der Waals surface area contributed by atoms with Crippen LogP contribution in [0.15, 0.2) is 22.7 Å². The van der Waals surface area contributed by atoms with Crippen LogP contribution in [-0.2, 0) is 9.53 Å². The summed E-state index contributed by atoms with van der Waals surface area (Å²) in [5, 5.41) is 19.9. The Morgan fingerprint density at radius 3 is 2.84 bits per heavy atom. The van der Waals surface area contributed by atoms with Gasteiger partial charge in [0.05, 0.1) is 18.5 Å². The lowest BCUT2D eigenvalue weighted by Gasteiger charge is -2.20. The fourth-order valence-electron chi connectivity index (χ4n) is 1.63. The first-order valence-corrected chi connectivity index (χ1v) is 7.31. The highest BCUT2D eigenvalue weighted by molar-refractivity contribution is 9.10. The molecular weight excluding hydrogens is 332 g/mol. The van der Waals surface area contributed by atoms with Crippen molar-refractivity contribution >= 4 is 34.5 Å². The van der Waals surface area contributed by atoms with Crippen LogP contribution in [-0.4, -0.2) is 28.5 Å². The standard InChI is InChI=1S/C13H17BrO4S/c1-8(4-5-18-12(16)7-19)13(17)10-6-9(14)2-3-11(10)15/h2-3,6,8,13,15,17,19H,4-5,7H2,1H3/t8-,13-/m0/s1. The van der Waals surface area contributed by atoms with Gasteiger partial charge in [-0.2, -0.15) is 12.6 Å². The first-order valence-electron chi connectivity index (χ1n) is 5.88. The van der Waals surface area contributed by atoms with Gasteiger partial charge in [0.1, 0.15) is 5.75 Å². The van der Waals surface area contributed by atoms with Crippen molar-refractivity contribution in [2.24, 2.45) is 5.92 Å². The third-order valence-electron chi connectivity index (χ3n) is 2.81. The van der Waals surface area contributed by atoms with E-state index >= 15 is 0 Å². The number of carbonyl (C=O) groups excluding carboxylic acids is 1. The number of hydrogen-bond acceptors (Lipinski definition) is 5. The molecule has 0 spiro atoms. The van der Waals surface area contributed by atoms with Crippen molar-refractivity contribution in [3.8, 4) is 5.75 Å². The summed E-state index contributed by atoms with van der Waals surface area (Å²) in [5.74, 6) is -0.429. The Kier molecular flexibility index (Phi) is 6.68. The highest BCUT2D eigenvalue weighted by Crippen LogP contribution is 2.32. The summed E-state index contributed by atoms with van der Waals surface area (Å²) in [6.07, 6.45) is -0.306. The quantitative estimate of drug-likeness (QED) is 0.546. The molecule has 1 aromatic rings. The van der Waals surface area contributed by atoms with Gasteiger partial charge in [-0.05, 0) is 30.5 Å². The summed E-state index contributed by atoms with van der Waals surface area (Å²) in [7, 11) is 0. The molecule has 0 saturated carbocycles. The normalized spacial score (nSPS) is 13.9. The van der Waals surface area contributed by atoms with Gasteiger partial charge in [-0.25, -0.2) is 0 Å². The number of esters is 1. The van der Waals surface area contributed by atoms with E-state index in [2.05, 4.69) is 28.6 Å². The molecule has 2 N–H and O–H groups in total. The van der Waals surface area contributed by atoms with E-state index in [0.717, 1.165) is 4.47 Å². The zero-order valence-corrected chi connectivity index (χ0v) is 13.0. The van der Waals surface area contributed by atoms with Gasteiger partial charge < -0.3 is 14.9 Å². The summed E-state index contributed by atoms with van der Waals surface area (Å²) < 4.78 is 5.69. The number of rotatable bonds is 6. The van der Waals surface area contributed by atoms with Gasteiger partial charge in [-0.3, -0.25) is 4.79 Å². The van der Waals surface area contributed by atoms with Gasteiger partial charge >= 0.3 is 5.97 Å². The number of benzene rings is 1. The van der Waals surface area contributed by atoms with Gasteiger partial charge in [0.2, 0.25) is 0 Å². The molecule has 0 aliphatic rings. The van der Waals surface area contributed by atoms with Gasteiger partial charge in [0, 0.05) is 10.0 Å². The maximum atomic E-state index is 10.9. The Morgan fingerprint density at radius 1 is 1.53 bits per heavy atom. The molecule has 1 rings (SSSR count). The molecule has 0 saturated heterocycles. The molecule has 0 amide bonds. The number of phenols is 1. The average molecular weight is 349 g/mol. The largest absolute Gasteiger partial charge is 0.508 e. The predicted molar refractivity (Wildman–Crippen MR) is 79.4 cm³/mol. The summed E-state index contributed by atoms with van der Waals surface area (Å²) in [5.41, 5.74) is 0.461. The SMILES string of the molecule is C[C@@H](CCOC(=O)CS)[C@H](O)c1cc(Br)ccc1O. The topological polar surface area (TPSA) is 66.8 Å². The van der Waals surface area contributed by atoms with E-state index in [0.29, 0.717) is 12.0 Å². The smallest absolute Gasteiger partial charge is 0.315 e. The molecule has 2 atom stereocenters. The molecule has 0 aromatic heterocycles. The van der Waals surface area contributed by atoms with Crippen LogP contribution in [0.4, 0.5) is 0 Å². The molecule has 0 bridgehead atoms. The second kappa shape index (κ2) is 7.77. The zero-order chi connectivity index (χ0) is 14.4. The van der Waals surface area contributed by atoms with Crippen LogP contribution in [0.5, 0.6) is 5.75 Å². The third-order valence-corrected chi connectivity index (χ3v) is 3.56.